The fourth-order valence-corrected chi connectivity index (χ4v) is 2.33. The molecule has 0 saturated carbocycles. The van der Waals surface area contributed by atoms with Gasteiger partial charge >= 0.3 is 6.03 Å². The van der Waals surface area contributed by atoms with E-state index in [1.165, 1.54) is 0 Å². The quantitative estimate of drug-likeness (QED) is 0.741. The number of carbonyl (C=O) groups excluding carboxylic acids is 1. The number of urea groups is 1. The molecule has 25 heavy (non-hydrogen) atoms. The van der Waals surface area contributed by atoms with Gasteiger partial charge < -0.3 is 19.9 Å². The van der Waals surface area contributed by atoms with E-state index in [-0.39, 0.29) is 6.03 Å². The van der Waals surface area contributed by atoms with Gasteiger partial charge in [0.2, 0.25) is 5.89 Å². The summed E-state index contributed by atoms with van der Waals surface area (Å²) in [6.07, 6.45) is 0.444. The minimum Gasteiger partial charge on any atom is -0.497 e. The molecule has 3 aromatic rings. The molecule has 0 saturated heterocycles. The monoisotopic (exact) mass is 338 g/mol. The molecule has 1 aromatic heterocycles. The Morgan fingerprint density at radius 3 is 2.56 bits per heavy atom. The fourth-order valence-electron chi connectivity index (χ4n) is 2.33. The predicted octanol–water partition coefficient (Wildman–Crippen LogP) is 3.62. The van der Waals surface area contributed by atoms with Crippen LogP contribution in [0.4, 0.5) is 16.2 Å². The molecule has 0 atom stereocenters. The standard InChI is InChI=1S/C18H18N4O3/c1-12-19-17(25-22-12)11-13-5-3-4-6-16(13)21-18(23)20-14-7-9-15(24-2)10-8-14/h3-10H,11H2,1-2H3,(H2,20,21,23). The summed E-state index contributed by atoms with van der Waals surface area (Å²) in [7, 11) is 1.59. The van der Waals surface area contributed by atoms with Crippen molar-refractivity contribution >= 4 is 17.4 Å². The van der Waals surface area contributed by atoms with Crippen molar-refractivity contribution < 1.29 is 14.1 Å². The van der Waals surface area contributed by atoms with Crippen LogP contribution in [-0.2, 0) is 6.42 Å². The van der Waals surface area contributed by atoms with Gasteiger partial charge in [-0.3, -0.25) is 0 Å². The lowest BCUT2D eigenvalue weighted by molar-refractivity contribution is 0.262. The van der Waals surface area contributed by atoms with Crippen molar-refractivity contribution in [2.75, 3.05) is 17.7 Å². The molecule has 0 aliphatic heterocycles. The second-order valence-corrected chi connectivity index (χ2v) is 5.38. The van der Waals surface area contributed by atoms with Gasteiger partial charge in [-0.05, 0) is 42.8 Å². The van der Waals surface area contributed by atoms with E-state index < -0.39 is 0 Å². The Balaban J connectivity index is 1.68. The second-order valence-electron chi connectivity index (χ2n) is 5.38. The summed E-state index contributed by atoms with van der Waals surface area (Å²) in [6.45, 7) is 1.76. The number of ether oxygens (including phenoxy) is 1. The van der Waals surface area contributed by atoms with Gasteiger partial charge in [0.1, 0.15) is 5.75 Å². The first kappa shape index (κ1) is 16.5. The first-order valence-corrected chi connectivity index (χ1v) is 7.73. The number of hydrogen-bond acceptors (Lipinski definition) is 5. The maximum Gasteiger partial charge on any atom is 0.323 e. The van der Waals surface area contributed by atoms with Crippen molar-refractivity contribution in [2.24, 2.45) is 0 Å². The Morgan fingerprint density at radius 2 is 1.88 bits per heavy atom. The van der Waals surface area contributed by atoms with Gasteiger partial charge in [0.25, 0.3) is 0 Å². The molecule has 2 N–H and O–H groups in total. The number of nitrogens with one attached hydrogen (secondary N) is 2. The lowest BCUT2D eigenvalue weighted by Gasteiger charge is -2.11. The van der Waals surface area contributed by atoms with Crippen LogP contribution in [0.15, 0.2) is 53.1 Å². The maximum absolute atomic E-state index is 12.2. The summed E-state index contributed by atoms with van der Waals surface area (Å²) >= 11 is 0. The van der Waals surface area contributed by atoms with Crippen LogP contribution >= 0.6 is 0 Å². The molecule has 7 nitrogen and oxygen atoms in total. The first-order valence-electron chi connectivity index (χ1n) is 7.73. The van der Waals surface area contributed by atoms with Gasteiger partial charge in [0, 0.05) is 11.4 Å². The molecular weight excluding hydrogens is 320 g/mol. The highest BCUT2D eigenvalue weighted by Crippen LogP contribution is 2.20. The molecule has 0 fully saturated rings. The number of aromatic nitrogens is 2. The summed E-state index contributed by atoms with van der Waals surface area (Å²) in [5.74, 6) is 1.81. The van der Waals surface area contributed by atoms with E-state index in [0.29, 0.717) is 29.5 Å². The molecular formula is C18H18N4O3. The average molecular weight is 338 g/mol. The van der Waals surface area contributed by atoms with E-state index in [9.17, 15) is 4.79 Å². The molecule has 7 heteroatoms. The average Bonchev–Trinajstić information content (AvgIpc) is 3.02. The van der Waals surface area contributed by atoms with Gasteiger partial charge in [-0.25, -0.2) is 4.79 Å². The number of nitrogens with zero attached hydrogens (tertiary/aromatic N) is 2. The van der Waals surface area contributed by atoms with E-state index >= 15 is 0 Å². The lowest BCUT2D eigenvalue weighted by Crippen LogP contribution is -2.20. The van der Waals surface area contributed by atoms with Gasteiger partial charge in [-0.2, -0.15) is 4.98 Å². The Kier molecular flexibility index (Phi) is 4.94. The number of amides is 2. The number of hydrogen-bond donors (Lipinski definition) is 2. The fraction of sp³-hybridized carbons (Fsp3) is 0.167. The van der Waals surface area contributed by atoms with Crippen LogP contribution in [0.5, 0.6) is 5.75 Å². The predicted molar refractivity (Wildman–Crippen MR) is 93.9 cm³/mol. The van der Waals surface area contributed by atoms with Crippen molar-refractivity contribution in [1.29, 1.82) is 0 Å². The van der Waals surface area contributed by atoms with Crippen molar-refractivity contribution in [3.8, 4) is 5.75 Å². The summed E-state index contributed by atoms with van der Waals surface area (Å²) in [5, 5.41) is 9.40. The number of para-hydroxylation sites is 1. The molecule has 0 unspecified atom stereocenters. The summed E-state index contributed by atoms with van der Waals surface area (Å²) < 4.78 is 10.2. The minimum absolute atomic E-state index is 0.334. The summed E-state index contributed by atoms with van der Waals surface area (Å²) in [6, 6.07) is 14.2. The molecule has 0 aliphatic rings. The molecule has 3 rings (SSSR count). The van der Waals surface area contributed by atoms with E-state index in [4.69, 9.17) is 9.26 Å². The third-order valence-corrected chi connectivity index (χ3v) is 3.52. The van der Waals surface area contributed by atoms with Gasteiger partial charge in [0.05, 0.1) is 13.5 Å². The minimum atomic E-state index is -0.334. The summed E-state index contributed by atoms with van der Waals surface area (Å²) in [5.41, 5.74) is 2.24. The van der Waals surface area contributed by atoms with E-state index in [1.807, 2.05) is 24.3 Å². The first-order chi connectivity index (χ1) is 12.1. The molecule has 128 valence electrons. The zero-order valence-corrected chi connectivity index (χ0v) is 13.9. The molecule has 0 radical (unpaired) electrons. The second kappa shape index (κ2) is 7.48. The van der Waals surface area contributed by atoms with Crippen molar-refractivity contribution in [2.45, 2.75) is 13.3 Å². The van der Waals surface area contributed by atoms with Gasteiger partial charge in [-0.1, -0.05) is 23.4 Å². The molecule has 0 bridgehead atoms. The van der Waals surface area contributed by atoms with Crippen LogP contribution in [0.2, 0.25) is 0 Å². The van der Waals surface area contributed by atoms with Gasteiger partial charge in [0.15, 0.2) is 5.82 Å². The highest BCUT2D eigenvalue weighted by atomic mass is 16.5. The Bertz CT molecular complexity index is 859. The molecule has 0 spiro atoms. The number of methoxy groups -OCH3 is 1. The third-order valence-electron chi connectivity index (χ3n) is 3.52. The SMILES string of the molecule is COc1ccc(NC(=O)Nc2ccccc2Cc2nc(C)no2)cc1. The van der Waals surface area contributed by atoms with Crippen LogP contribution < -0.4 is 15.4 Å². The number of benzene rings is 2. The highest BCUT2D eigenvalue weighted by molar-refractivity contribution is 6.00. The number of anilines is 2. The van der Waals surface area contributed by atoms with Crippen molar-refractivity contribution in [3.05, 3.63) is 65.8 Å². The van der Waals surface area contributed by atoms with Gasteiger partial charge in [-0.15, -0.1) is 0 Å². The number of rotatable bonds is 5. The van der Waals surface area contributed by atoms with Crippen LogP contribution in [0.1, 0.15) is 17.3 Å². The number of carbonyl (C=O) groups is 1. The largest absolute Gasteiger partial charge is 0.497 e. The smallest absolute Gasteiger partial charge is 0.323 e. The van der Waals surface area contributed by atoms with Crippen LogP contribution in [0, 0.1) is 6.92 Å². The maximum atomic E-state index is 12.2. The van der Waals surface area contributed by atoms with Crippen LogP contribution in [0.3, 0.4) is 0 Å². The Morgan fingerprint density at radius 1 is 1.12 bits per heavy atom. The van der Waals surface area contributed by atoms with Crippen molar-refractivity contribution in [1.82, 2.24) is 10.1 Å². The van der Waals surface area contributed by atoms with E-state index in [0.717, 1.165) is 11.3 Å². The normalized spacial score (nSPS) is 10.3. The van der Waals surface area contributed by atoms with Crippen LogP contribution in [-0.4, -0.2) is 23.3 Å². The topological polar surface area (TPSA) is 89.3 Å². The molecule has 0 aliphatic carbocycles. The molecule has 1 heterocycles. The van der Waals surface area contributed by atoms with Crippen molar-refractivity contribution in [3.63, 3.8) is 0 Å². The molecule has 2 amide bonds. The zero-order valence-electron chi connectivity index (χ0n) is 13.9. The van der Waals surface area contributed by atoms with E-state index in [2.05, 4.69) is 20.8 Å². The Hall–Kier alpha value is -3.35. The summed E-state index contributed by atoms with van der Waals surface area (Å²) in [4.78, 5) is 16.4. The molecule has 2 aromatic carbocycles. The highest BCUT2D eigenvalue weighted by Gasteiger charge is 2.10. The Labute approximate surface area is 145 Å². The lowest BCUT2D eigenvalue weighted by atomic mass is 10.1. The van der Waals surface area contributed by atoms with Crippen LogP contribution in [0.25, 0.3) is 0 Å². The van der Waals surface area contributed by atoms with E-state index in [1.54, 1.807) is 38.3 Å². The number of aryl methyl sites for hydroxylation is 1. The zero-order chi connectivity index (χ0) is 17.6. The third kappa shape index (κ3) is 4.35.